The Bertz CT molecular complexity index is 879. The summed E-state index contributed by atoms with van der Waals surface area (Å²) in [5.41, 5.74) is 1.55. The summed E-state index contributed by atoms with van der Waals surface area (Å²) in [6.45, 7) is 2.34. The number of aromatic nitrogens is 1. The molecule has 1 aromatic carbocycles. The Kier molecular flexibility index (Phi) is 5.16. The molecule has 0 atom stereocenters. The zero-order chi connectivity index (χ0) is 18.0. The number of anilines is 1. The Morgan fingerprint density at radius 1 is 1.36 bits per heavy atom. The number of halogens is 1. The van der Waals surface area contributed by atoms with Crippen LogP contribution in [0, 0.1) is 5.82 Å². The molecule has 2 aromatic rings. The molecule has 0 fully saturated rings. The van der Waals surface area contributed by atoms with Gasteiger partial charge in [-0.15, -0.1) is 11.3 Å². The van der Waals surface area contributed by atoms with Crippen LogP contribution in [0.4, 0.5) is 9.52 Å². The zero-order valence-electron chi connectivity index (χ0n) is 13.7. The molecule has 25 heavy (non-hydrogen) atoms. The van der Waals surface area contributed by atoms with Gasteiger partial charge in [-0.3, -0.25) is 4.79 Å². The highest BCUT2D eigenvalue weighted by Gasteiger charge is 2.28. The molecule has 1 amide bonds. The highest BCUT2D eigenvalue weighted by Crippen LogP contribution is 2.29. The second-order valence-electron chi connectivity index (χ2n) is 5.72. The number of carbonyl (C=O) groups excluding carboxylic acids is 1. The van der Waals surface area contributed by atoms with E-state index in [1.54, 1.807) is 19.1 Å². The van der Waals surface area contributed by atoms with Gasteiger partial charge in [0.25, 0.3) is 0 Å². The largest absolute Gasteiger partial charge is 0.302 e. The fourth-order valence-electron chi connectivity index (χ4n) is 2.60. The van der Waals surface area contributed by atoms with E-state index in [1.807, 2.05) is 0 Å². The molecule has 1 aromatic heterocycles. The van der Waals surface area contributed by atoms with Crippen molar-refractivity contribution in [1.29, 1.82) is 0 Å². The van der Waals surface area contributed by atoms with Crippen LogP contribution in [0.3, 0.4) is 0 Å². The summed E-state index contributed by atoms with van der Waals surface area (Å²) < 4.78 is 38.3. The van der Waals surface area contributed by atoms with E-state index in [0.29, 0.717) is 30.2 Å². The maximum Gasteiger partial charge on any atom is 0.230 e. The van der Waals surface area contributed by atoms with Crippen LogP contribution in [0.1, 0.15) is 23.1 Å². The Morgan fingerprint density at radius 2 is 2.08 bits per heavy atom. The second-order valence-corrected chi connectivity index (χ2v) is 9.07. The third kappa shape index (κ3) is 4.23. The fraction of sp³-hybridized carbons (Fsp3) is 0.375. The number of nitrogens with zero attached hydrogens (tertiary/aromatic N) is 2. The van der Waals surface area contributed by atoms with Crippen molar-refractivity contribution in [2.24, 2.45) is 0 Å². The molecule has 0 unspecified atom stereocenters. The van der Waals surface area contributed by atoms with Gasteiger partial charge in [-0.2, -0.15) is 4.31 Å². The van der Waals surface area contributed by atoms with Crippen molar-refractivity contribution in [3.05, 3.63) is 46.2 Å². The molecule has 1 aliphatic heterocycles. The molecule has 0 radical (unpaired) electrons. The molecule has 3 rings (SSSR count). The molecule has 0 bridgehead atoms. The number of carbonyl (C=O) groups is 1. The van der Waals surface area contributed by atoms with E-state index < -0.39 is 10.0 Å². The van der Waals surface area contributed by atoms with Crippen LogP contribution in [0.15, 0.2) is 24.3 Å². The summed E-state index contributed by atoms with van der Waals surface area (Å²) in [5.74, 6) is -0.512. The molecule has 2 heterocycles. The van der Waals surface area contributed by atoms with Gasteiger partial charge in [0.2, 0.25) is 15.9 Å². The van der Waals surface area contributed by atoms with E-state index in [4.69, 9.17) is 0 Å². The number of thiazole rings is 1. The summed E-state index contributed by atoms with van der Waals surface area (Å²) in [4.78, 5) is 17.4. The molecule has 6 nitrogen and oxygen atoms in total. The Balaban J connectivity index is 1.65. The van der Waals surface area contributed by atoms with Crippen molar-refractivity contribution in [3.8, 4) is 0 Å². The van der Waals surface area contributed by atoms with Crippen molar-refractivity contribution in [2.75, 3.05) is 17.6 Å². The Hall–Kier alpha value is -1.84. The minimum Gasteiger partial charge on any atom is -0.302 e. The Labute approximate surface area is 149 Å². The smallest absolute Gasteiger partial charge is 0.230 e. The molecule has 0 spiro atoms. The number of amides is 1. The summed E-state index contributed by atoms with van der Waals surface area (Å²) in [6.07, 6.45) is 0.666. The van der Waals surface area contributed by atoms with Gasteiger partial charge in [-0.1, -0.05) is 12.1 Å². The van der Waals surface area contributed by atoms with Gasteiger partial charge in [-0.25, -0.2) is 17.8 Å². The van der Waals surface area contributed by atoms with E-state index in [2.05, 4.69) is 10.3 Å². The molecule has 9 heteroatoms. The van der Waals surface area contributed by atoms with E-state index in [-0.39, 0.29) is 23.9 Å². The van der Waals surface area contributed by atoms with Crippen LogP contribution < -0.4 is 5.32 Å². The lowest BCUT2D eigenvalue weighted by atomic mass is 10.1. The topological polar surface area (TPSA) is 79.4 Å². The first-order chi connectivity index (χ1) is 11.9. The number of fused-ring (bicyclic) bond motifs is 1. The Morgan fingerprint density at radius 3 is 2.76 bits per heavy atom. The van der Waals surface area contributed by atoms with Crippen LogP contribution in [0.5, 0.6) is 0 Å². The summed E-state index contributed by atoms with van der Waals surface area (Å²) in [7, 11) is -3.23. The van der Waals surface area contributed by atoms with Crippen LogP contribution in [0.2, 0.25) is 0 Å². The summed E-state index contributed by atoms with van der Waals surface area (Å²) in [6, 6.07) is 5.76. The van der Waals surface area contributed by atoms with Gasteiger partial charge in [0.15, 0.2) is 5.13 Å². The quantitative estimate of drug-likeness (QED) is 0.858. The fourth-order valence-corrected chi connectivity index (χ4v) is 4.78. The third-order valence-electron chi connectivity index (χ3n) is 3.98. The van der Waals surface area contributed by atoms with Crippen LogP contribution in [-0.2, 0) is 34.2 Å². The number of sulfonamides is 1. The number of hydrogen-bond donors (Lipinski definition) is 1. The van der Waals surface area contributed by atoms with Crippen molar-refractivity contribution in [1.82, 2.24) is 9.29 Å². The lowest BCUT2D eigenvalue weighted by molar-refractivity contribution is -0.115. The SMILES string of the molecule is CCS(=O)(=O)N1CCc2nc(NC(=O)Cc3ccc(F)cc3)sc2C1. The molecule has 1 aliphatic rings. The molecule has 0 saturated heterocycles. The van der Waals surface area contributed by atoms with Gasteiger partial charge >= 0.3 is 0 Å². The lowest BCUT2D eigenvalue weighted by Crippen LogP contribution is -2.36. The summed E-state index contributed by atoms with van der Waals surface area (Å²) >= 11 is 1.30. The van der Waals surface area contributed by atoms with Crippen molar-refractivity contribution < 1.29 is 17.6 Å². The predicted molar refractivity (Wildman–Crippen MR) is 94.4 cm³/mol. The molecule has 1 N–H and O–H groups in total. The number of rotatable bonds is 5. The van der Waals surface area contributed by atoms with Gasteiger partial charge in [0.05, 0.1) is 17.9 Å². The first-order valence-corrected chi connectivity index (χ1v) is 10.3. The van der Waals surface area contributed by atoms with E-state index >= 15 is 0 Å². The van der Waals surface area contributed by atoms with Crippen LogP contribution in [0.25, 0.3) is 0 Å². The minimum atomic E-state index is -3.23. The third-order valence-corrected chi connectivity index (χ3v) is 6.80. The molecular formula is C16H18FN3O3S2. The highest BCUT2D eigenvalue weighted by molar-refractivity contribution is 7.89. The lowest BCUT2D eigenvalue weighted by Gasteiger charge is -2.24. The number of hydrogen-bond acceptors (Lipinski definition) is 5. The number of benzene rings is 1. The van der Waals surface area contributed by atoms with Crippen LogP contribution in [-0.4, -0.2) is 35.9 Å². The van der Waals surface area contributed by atoms with Gasteiger partial charge in [0.1, 0.15) is 5.82 Å². The van der Waals surface area contributed by atoms with E-state index in [0.717, 1.165) is 10.6 Å². The first kappa shape index (κ1) is 18.0. The minimum absolute atomic E-state index is 0.0718. The summed E-state index contributed by atoms with van der Waals surface area (Å²) in [5, 5.41) is 3.20. The second kappa shape index (κ2) is 7.19. The van der Waals surface area contributed by atoms with E-state index in [9.17, 15) is 17.6 Å². The average molecular weight is 383 g/mol. The molecule has 0 saturated carbocycles. The van der Waals surface area contributed by atoms with Crippen molar-refractivity contribution >= 4 is 32.4 Å². The maximum atomic E-state index is 12.9. The monoisotopic (exact) mass is 383 g/mol. The van der Waals surface area contributed by atoms with Gasteiger partial charge < -0.3 is 5.32 Å². The van der Waals surface area contributed by atoms with Crippen LogP contribution >= 0.6 is 11.3 Å². The first-order valence-electron chi connectivity index (χ1n) is 7.88. The maximum absolute atomic E-state index is 12.9. The van der Waals surface area contributed by atoms with E-state index in [1.165, 1.54) is 27.8 Å². The molecule has 134 valence electrons. The predicted octanol–water partition coefficient (Wildman–Crippen LogP) is 2.17. The number of nitrogens with one attached hydrogen (secondary N) is 1. The van der Waals surface area contributed by atoms with Crippen molar-refractivity contribution in [3.63, 3.8) is 0 Å². The normalized spacial score (nSPS) is 15.0. The van der Waals surface area contributed by atoms with Crippen molar-refractivity contribution in [2.45, 2.75) is 26.3 Å². The molecule has 0 aliphatic carbocycles. The zero-order valence-corrected chi connectivity index (χ0v) is 15.3. The molecular weight excluding hydrogens is 365 g/mol. The van der Waals surface area contributed by atoms with Gasteiger partial charge in [0, 0.05) is 24.4 Å². The highest BCUT2D eigenvalue weighted by atomic mass is 32.2. The van der Waals surface area contributed by atoms with Gasteiger partial charge in [-0.05, 0) is 24.6 Å². The standard InChI is InChI=1S/C16H18FN3O3S2/c1-2-25(22,23)20-8-7-13-14(10-20)24-16(18-13)19-15(21)9-11-3-5-12(17)6-4-11/h3-6H,2,7-10H2,1H3,(H,18,19,21). The average Bonchev–Trinajstić information content (AvgIpc) is 2.98.